The number of unbranched alkanes of at least 4 members (excludes halogenated alkanes) is 17. The number of imidazole rings is 1. The third kappa shape index (κ3) is 15.4. The van der Waals surface area contributed by atoms with Crippen molar-refractivity contribution < 1.29 is 0 Å². The van der Waals surface area contributed by atoms with Gasteiger partial charge >= 0.3 is 0 Å². The highest BCUT2D eigenvalue weighted by molar-refractivity contribution is 5.15. The van der Waals surface area contributed by atoms with Gasteiger partial charge in [0, 0.05) is 18.4 Å². The molecule has 2 rings (SSSR count). The second-order valence-corrected chi connectivity index (χ2v) is 11.6. The maximum atomic E-state index is 4.43. The Kier molecular flexibility index (Phi) is 19.2. The fourth-order valence-corrected chi connectivity index (χ4v) is 6.00. The first-order valence-electron chi connectivity index (χ1n) is 16.4. The van der Waals surface area contributed by atoms with E-state index in [2.05, 4.69) is 66.3 Å². The summed E-state index contributed by atoms with van der Waals surface area (Å²) in [6.45, 7) is 4.61. The van der Waals surface area contributed by atoms with Gasteiger partial charge in [0.15, 0.2) is 0 Å². The van der Waals surface area contributed by atoms with Crippen molar-refractivity contribution >= 4 is 0 Å². The highest BCUT2D eigenvalue weighted by Crippen LogP contribution is 2.32. The second-order valence-electron chi connectivity index (χ2n) is 11.6. The van der Waals surface area contributed by atoms with Crippen LogP contribution in [-0.4, -0.2) is 9.55 Å². The van der Waals surface area contributed by atoms with Crippen molar-refractivity contribution in [2.45, 2.75) is 161 Å². The first-order chi connectivity index (χ1) is 18.3. The number of hydrogen-bond acceptors (Lipinski definition) is 1. The van der Waals surface area contributed by atoms with E-state index in [1.807, 2.05) is 6.20 Å². The van der Waals surface area contributed by atoms with Gasteiger partial charge in [-0.25, -0.2) is 4.98 Å². The zero-order chi connectivity index (χ0) is 26.2. The van der Waals surface area contributed by atoms with E-state index in [-0.39, 0.29) is 0 Å². The van der Waals surface area contributed by atoms with E-state index < -0.39 is 0 Å². The minimum atomic E-state index is 0.575. The van der Waals surface area contributed by atoms with E-state index in [1.54, 1.807) is 0 Å². The van der Waals surface area contributed by atoms with Crippen molar-refractivity contribution in [2.24, 2.45) is 5.92 Å². The van der Waals surface area contributed by atoms with Crippen molar-refractivity contribution in [3.63, 3.8) is 0 Å². The quantitative estimate of drug-likeness (QED) is 0.122. The number of aromatic nitrogens is 2. The summed E-state index contributed by atoms with van der Waals surface area (Å²) in [4.78, 5) is 4.43. The highest BCUT2D eigenvalue weighted by Gasteiger charge is 2.23. The second kappa shape index (κ2) is 22.4. The van der Waals surface area contributed by atoms with Gasteiger partial charge in [0.25, 0.3) is 0 Å². The average Bonchev–Trinajstić information content (AvgIpc) is 3.46. The predicted molar refractivity (Wildman–Crippen MR) is 163 cm³/mol. The van der Waals surface area contributed by atoms with Gasteiger partial charge in [0.1, 0.15) is 0 Å². The van der Waals surface area contributed by atoms with Gasteiger partial charge in [-0.15, -0.1) is 0 Å². The largest absolute Gasteiger partial charge is 0.334 e. The standard InChI is InChI=1S/C35H60N2/c1-3-5-7-9-10-11-12-13-14-15-16-17-19-24-28-35(37-30-29-36-32-37)34(27-23-18-8-6-4-2)31-33-25-21-20-22-26-33/h20-22,25-26,29-30,32,34-35H,3-19,23-24,27-28,31H2,1-2H3. The first kappa shape index (κ1) is 31.6. The minimum Gasteiger partial charge on any atom is -0.334 e. The fourth-order valence-electron chi connectivity index (χ4n) is 6.00. The van der Waals surface area contributed by atoms with Crippen molar-refractivity contribution in [1.82, 2.24) is 9.55 Å². The monoisotopic (exact) mass is 508 g/mol. The van der Waals surface area contributed by atoms with Crippen molar-refractivity contribution in [1.29, 1.82) is 0 Å². The molecule has 0 saturated heterocycles. The number of rotatable bonds is 25. The summed E-state index contributed by atoms with van der Waals surface area (Å²) >= 11 is 0. The van der Waals surface area contributed by atoms with Gasteiger partial charge in [-0.3, -0.25) is 0 Å². The molecule has 0 aliphatic carbocycles. The van der Waals surface area contributed by atoms with Crippen LogP contribution in [0.2, 0.25) is 0 Å². The lowest BCUT2D eigenvalue weighted by atomic mass is 9.84. The molecule has 2 unspecified atom stereocenters. The van der Waals surface area contributed by atoms with Crippen LogP contribution in [0.3, 0.4) is 0 Å². The average molecular weight is 509 g/mol. The normalized spacial score (nSPS) is 13.1. The summed E-state index contributed by atoms with van der Waals surface area (Å²) in [5, 5.41) is 0. The van der Waals surface area contributed by atoms with Crippen LogP contribution in [0.4, 0.5) is 0 Å². The third-order valence-corrected chi connectivity index (χ3v) is 8.32. The molecule has 0 aliphatic heterocycles. The van der Waals surface area contributed by atoms with Crippen LogP contribution in [0.25, 0.3) is 0 Å². The maximum absolute atomic E-state index is 4.43. The van der Waals surface area contributed by atoms with Gasteiger partial charge in [-0.1, -0.05) is 166 Å². The zero-order valence-corrected chi connectivity index (χ0v) is 24.7. The van der Waals surface area contributed by atoms with E-state index in [0.717, 1.165) is 0 Å². The SMILES string of the molecule is CCCCCCCCCCCCCCCCC(C(CCCCCCC)Cc1ccccc1)n1ccnc1. The Morgan fingerprint density at radius 1 is 0.595 bits per heavy atom. The molecule has 0 bridgehead atoms. The Labute approximate surface area is 231 Å². The highest BCUT2D eigenvalue weighted by atomic mass is 15.1. The molecule has 0 amide bonds. The summed E-state index contributed by atoms with van der Waals surface area (Å²) in [7, 11) is 0. The topological polar surface area (TPSA) is 17.8 Å². The first-order valence-corrected chi connectivity index (χ1v) is 16.4. The minimum absolute atomic E-state index is 0.575. The lowest BCUT2D eigenvalue weighted by molar-refractivity contribution is 0.275. The van der Waals surface area contributed by atoms with Crippen LogP contribution in [-0.2, 0) is 6.42 Å². The predicted octanol–water partition coefficient (Wildman–Crippen LogP) is 11.5. The van der Waals surface area contributed by atoms with Crippen LogP contribution < -0.4 is 0 Å². The number of benzene rings is 1. The molecule has 0 aliphatic rings. The molecular formula is C35H60N2. The van der Waals surface area contributed by atoms with Crippen LogP contribution in [0, 0.1) is 5.92 Å². The molecule has 2 heteroatoms. The third-order valence-electron chi connectivity index (χ3n) is 8.32. The molecule has 0 fully saturated rings. The molecule has 1 heterocycles. The Balaban J connectivity index is 1.71. The Hall–Kier alpha value is -1.57. The maximum Gasteiger partial charge on any atom is 0.0948 e. The van der Waals surface area contributed by atoms with E-state index >= 15 is 0 Å². The van der Waals surface area contributed by atoms with Gasteiger partial charge < -0.3 is 4.57 Å². The Morgan fingerprint density at radius 3 is 1.57 bits per heavy atom. The van der Waals surface area contributed by atoms with Gasteiger partial charge in [-0.05, 0) is 30.7 Å². The van der Waals surface area contributed by atoms with Crippen LogP contribution >= 0.6 is 0 Å². The molecule has 2 nitrogen and oxygen atoms in total. The van der Waals surface area contributed by atoms with Gasteiger partial charge in [0.2, 0.25) is 0 Å². The van der Waals surface area contributed by atoms with Crippen molar-refractivity contribution in [3.8, 4) is 0 Å². The number of nitrogens with zero attached hydrogens (tertiary/aromatic N) is 2. The van der Waals surface area contributed by atoms with E-state index in [4.69, 9.17) is 0 Å². The van der Waals surface area contributed by atoms with E-state index in [9.17, 15) is 0 Å². The smallest absolute Gasteiger partial charge is 0.0948 e. The van der Waals surface area contributed by atoms with Crippen molar-refractivity contribution in [2.75, 3.05) is 0 Å². The Morgan fingerprint density at radius 2 is 1.08 bits per heavy atom. The molecule has 2 atom stereocenters. The summed E-state index contributed by atoms with van der Waals surface area (Å²) in [5.74, 6) is 0.695. The molecule has 0 saturated carbocycles. The van der Waals surface area contributed by atoms with Gasteiger partial charge in [0.05, 0.1) is 6.33 Å². The molecular weight excluding hydrogens is 448 g/mol. The van der Waals surface area contributed by atoms with E-state index in [0.29, 0.717) is 12.0 Å². The molecule has 2 aromatic rings. The molecule has 0 spiro atoms. The fraction of sp³-hybridized carbons (Fsp3) is 0.743. The zero-order valence-electron chi connectivity index (χ0n) is 24.7. The molecule has 0 radical (unpaired) electrons. The summed E-state index contributed by atoms with van der Waals surface area (Å²) in [6.07, 6.45) is 36.9. The van der Waals surface area contributed by atoms with Crippen LogP contribution in [0.5, 0.6) is 0 Å². The summed E-state index contributed by atoms with van der Waals surface area (Å²) in [5.41, 5.74) is 1.49. The van der Waals surface area contributed by atoms with Gasteiger partial charge in [-0.2, -0.15) is 0 Å². The van der Waals surface area contributed by atoms with E-state index in [1.165, 1.54) is 147 Å². The lowest BCUT2D eigenvalue weighted by Crippen LogP contribution is -2.21. The lowest BCUT2D eigenvalue weighted by Gasteiger charge is -2.29. The molecule has 1 aromatic heterocycles. The Bertz CT molecular complexity index is 708. The summed E-state index contributed by atoms with van der Waals surface area (Å²) < 4.78 is 2.43. The number of hydrogen-bond donors (Lipinski definition) is 0. The summed E-state index contributed by atoms with van der Waals surface area (Å²) in [6, 6.07) is 11.8. The van der Waals surface area contributed by atoms with Crippen LogP contribution in [0.1, 0.15) is 160 Å². The van der Waals surface area contributed by atoms with Crippen molar-refractivity contribution in [3.05, 3.63) is 54.6 Å². The molecule has 0 N–H and O–H groups in total. The molecule has 37 heavy (non-hydrogen) atoms. The molecule has 1 aromatic carbocycles. The van der Waals surface area contributed by atoms with Crippen LogP contribution in [0.15, 0.2) is 49.1 Å². The molecule has 210 valence electrons.